The lowest BCUT2D eigenvalue weighted by molar-refractivity contribution is -0.139. The lowest BCUT2D eigenvalue weighted by atomic mass is 9.88. The van der Waals surface area contributed by atoms with Crippen molar-refractivity contribution in [2.75, 3.05) is 0 Å². The molecular formula is C12H15NO2. The molecule has 1 aromatic rings. The van der Waals surface area contributed by atoms with Gasteiger partial charge in [0.15, 0.2) is 5.72 Å². The van der Waals surface area contributed by atoms with Crippen LogP contribution in [0.1, 0.15) is 25.3 Å². The first-order valence-corrected chi connectivity index (χ1v) is 5.22. The number of aliphatic hydroxyl groups is 1. The molecule has 1 fully saturated rings. The zero-order valence-corrected chi connectivity index (χ0v) is 8.73. The van der Waals surface area contributed by atoms with Crippen molar-refractivity contribution in [3.8, 4) is 0 Å². The third-order valence-corrected chi connectivity index (χ3v) is 2.97. The Morgan fingerprint density at radius 3 is 2.67 bits per heavy atom. The topological polar surface area (TPSA) is 49.3 Å². The Morgan fingerprint density at radius 1 is 1.40 bits per heavy atom. The van der Waals surface area contributed by atoms with Gasteiger partial charge in [-0.3, -0.25) is 4.79 Å². The first-order chi connectivity index (χ1) is 7.12. The van der Waals surface area contributed by atoms with E-state index in [1.54, 1.807) is 0 Å². The molecule has 0 saturated carbocycles. The number of carbonyl (C=O) groups excluding carboxylic acids is 1. The Kier molecular flexibility index (Phi) is 2.49. The Balaban J connectivity index is 2.25. The Bertz CT molecular complexity index is 363. The van der Waals surface area contributed by atoms with Gasteiger partial charge in [0.05, 0.1) is 0 Å². The molecule has 2 atom stereocenters. The maximum absolute atomic E-state index is 11.5. The van der Waals surface area contributed by atoms with E-state index in [2.05, 4.69) is 5.32 Å². The predicted molar refractivity (Wildman–Crippen MR) is 56.9 cm³/mol. The van der Waals surface area contributed by atoms with Gasteiger partial charge in [0, 0.05) is 17.9 Å². The molecule has 2 unspecified atom stereocenters. The molecule has 15 heavy (non-hydrogen) atoms. The van der Waals surface area contributed by atoms with Crippen molar-refractivity contribution in [3.63, 3.8) is 0 Å². The first-order valence-electron chi connectivity index (χ1n) is 5.22. The van der Waals surface area contributed by atoms with Crippen LogP contribution < -0.4 is 5.32 Å². The Hall–Kier alpha value is -1.35. The van der Waals surface area contributed by atoms with Crippen LogP contribution in [0.15, 0.2) is 30.3 Å². The Labute approximate surface area is 89.1 Å². The summed E-state index contributed by atoms with van der Waals surface area (Å²) in [5.41, 5.74) is -0.421. The number of carbonyl (C=O) groups is 1. The van der Waals surface area contributed by atoms with E-state index in [1.807, 2.05) is 37.3 Å². The van der Waals surface area contributed by atoms with E-state index in [-0.39, 0.29) is 11.8 Å². The summed E-state index contributed by atoms with van der Waals surface area (Å²) in [6, 6.07) is 9.27. The molecule has 1 heterocycles. The molecular weight excluding hydrogens is 190 g/mol. The zero-order valence-electron chi connectivity index (χ0n) is 8.73. The second-order valence-electron chi connectivity index (χ2n) is 4.16. The molecule has 0 spiro atoms. The number of benzene rings is 1. The molecule has 3 nitrogen and oxygen atoms in total. The van der Waals surface area contributed by atoms with E-state index in [0.29, 0.717) is 6.42 Å². The third kappa shape index (κ3) is 1.88. The third-order valence-electron chi connectivity index (χ3n) is 2.97. The van der Waals surface area contributed by atoms with Crippen LogP contribution in [0.25, 0.3) is 0 Å². The molecule has 0 bridgehead atoms. The summed E-state index contributed by atoms with van der Waals surface area (Å²) in [4.78, 5) is 11.5. The molecule has 1 aliphatic heterocycles. The standard InChI is InChI=1S/C12H15NO2/c1-9-7-8-12(15,13-11(9)14)10-5-3-2-4-6-10/h2-6,9,15H,7-8H2,1H3,(H,13,14). The minimum absolute atomic E-state index is 0.00557. The predicted octanol–water partition coefficient (Wildman–Crippen LogP) is 1.38. The van der Waals surface area contributed by atoms with Crippen molar-refractivity contribution in [2.45, 2.75) is 25.5 Å². The van der Waals surface area contributed by atoms with E-state index in [1.165, 1.54) is 0 Å². The molecule has 1 aromatic carbocycles. The highest BCUT2D eigenvalue weighted by atomic mass is 16.3. The smallest absolute Gasteiger partial charge is 0.225 e. The SMILES string of the molecule is CC1CCC(O)(c2ccccc2)NC1=O. The summed E-state index contributed by atoms with van der Waals surface area (Å²) in [7, 11) is 0. The number of amides is 1. The maximum atomic E-state index is 11.5. The second kappa shape index (κ2) is 3.66. The summed E-state index contributed by atoms with van der Waals surface area (Å²) in [6.07, 6.45) is 1.29. The van der Waals surface area contributed by atoms with Gasteiger partial charge in [-0.25, -0.2) is 0 Å². The molecule has 1 saturated heterocycles. The van der Waals surface area contributed by atoms with Crippen LogP contribution in [-0.4, -0.2) is 11.0 Å². The summed E-state index contributed by atoms with van der Waals surface area (Å²) < 4.78 is 0. The van der Waals surface area contributed by atoms with Crippen molar-refractivity contribution in [3.05, 3.63) is 35.9 Å². The average molecular weight is 205 g/mol. The van der Waals surface area contributed by atoms with Crippen molar-refractivity contribution in [2.24, 2.45) is 5.92 Å². The second-order valence-corrected chi connectivity index (χ2v) is 4.16. The quantitative estimate of drug-likeness (QED) is 0.727. The van der Waals surface area contributed by atoms with Crippen LogP contribution in [0.4, 0.5) is 0 Å². The summed E-state index contributed by atoms with van der Waals surface area (Å²) in [6.45, 7) is 1.87. The summed E-state index contributed by atoms with van der Waals surface area (Å²) in [5, 5.41) is 13.0. The lowest BCUT2D eigenvalue weighted by Gasteiger charge is -2.35. The van der Waals surface area contributed by atoms with E-state index in [0.717, 1.165) is 12.0 Å². The number of piperidine rings is 1. The van der Waals surface area contributed by atoms with Crippen molar-refractivity contribution < 1.29 is 9.90 Å². The molecule has 2 rings (SSSR count). The van der Waals surface area contributed by atoms with Crippen LogP contribution in [0.3, 0.4) is 0 Å². The normalized spacial score (nSPS) is 31.1. The molecule has 0 aromatic heterocycles. The largest absolute Gasteiger partial charge is 0.367 e. The van der Waals surface area contributed by atoms with E-state index < -0.39 is 5.72 Å². The number of hydrogen-bond donors (Lipinski definition) is 2. The van der Waals surface area contributed by atoms with Crippen LogP contribution >= 0.6 is 0 Å². The fourth-order valence-electron chi connectivity index (χ4n) is 1.88. The molecule has 80 valence electrons. The highest BCUT2D eigenvalue weighted by molar-refractivity contribution is 5.79. The molecule has 1 aliphatic rings. The fourth-order valence-corrected chi connectivity index (χ4v) is 1.88. The van der Waals surface area contributed by atoms with Gasteiger partial charge >= 0.3 is 0 Å². The van der Waals surface area contributed by atoms with Crippen molar-refractivity contribution >= 4 is 5.91 Å². The number of rotatable bonds is 1. The Morgan fingerprint density at radius 2 is 2.07 bits per heavy atom. The van der Waals surface area contributed by atoms with Gasteiger partial charge in [-0.05, 0) is 6.42 Å². The van der Waals surface area contributed by atoms with Crippen molar-refractivity contribution in [1.82, 2.24) is 5.32 Å². The average Bonchev–Trinajstić information content (AvgIpc) is 2.26. The van der Waals surface area contributed by atoms with Gasteiger partial charge in [-0.1, -0.05) is 37.3 Å². The van der Waals surface area contributed by atoms with Crippen LogP contribution in [0.5, 0.6) is 0 Å². The van der Waals surface area contributed by atoms with Gasteiger partial charge < -0.3 is 10.4 Å². The molecule has 2 N–H and O–H groups in total. The molecule has 0 radical (unpaired) electrons. The van der Waals surface area contributed by atoms with E-state index >= 15 is 0 Å². The van der Waals surface area contributed by atoms with Crippen LogP contribution in [0, 0.1) is 5.92 Å². The zero-order chi connectivity index (χ0) is 10.9. The first kappa shape index (κ1) is 10.2. The molecule has 0 aliphatic carbocycles. The van der Waals surface area contributed by atoms with Gasteiger partial charge in [0.25, 0.3) is 0 Å². The van der Waals surface area contributed by atoms with Gasteiger partial charge in [-0.15, -0.1) is 0 Å². The van der Waals surface area contributed by atoms with E-state index in [4.69, 9.17) is 0 Å². The van der Waals surface area contributed by atoms with Crippen LogP contribution in [0.2, 0.25) is 0 Å². The molecule has 1 amide bonds. The monoisotopic (exact) mass is 205 g/mol. The molecule has 3 heteroatoms. The minimum atomic E-state index is -1.18. The number of hydrogen-bond acceptors (Lipinski definition) is 2. The lowest BCUT2D eigenvalue weighted by Crippen LogP contribution is -2.51. The maximum Gasteiger partial charge on any atom is 0.225 e. The highest BCUT2D eigenvalue weighted by Gasteiger charge is 2.37. The summed E-state index contributed by atoms with van der Waals surface area (Å²) in [5.74, 6) is -0.0819. The van der Waals surface area contributed by atoms with E-state index in [9.17, 15) is 9.90 Å². The van der Waals surface area contributed by atoms with Gasteiger partial charge in [-0.2, -0.15) is 0 Å². The highest BCUT2D eigenvalue weighted by Crippen LogP contribution is 2.29. The minimum Gasteiger partial charge on any atom is -0.367 e. The van der Waals surface area contributed by atoms with Gasteiger partial charge in [0.1, 0.15) is 0 Å². The van der Waals surface area contributed by atoms with Crippen LogP contribution in [-0.2, 0) is 10.5 Å². The fraction of sp³-hybridized carbons (Fsp3) is 0.417. The van der Waals surface area contributed by atoms with Crippen molar-refractivity contribution in [1.29, 1.82) is 0 Å². The van der Waals surface area contributed by atoms with Gasteiger partial charge in [0.2, 0.25) is 5.91 Å². The summed E-state index contributed by atoms with van der Waals surface area (Å²) >= 11 is 0. The number of nitrogens with one attached hydrogen (secondary N) is 1.